The Labute approximate surface area is 172 Å². The molecule has 2 N–H and O–H groups in total. The van der Waals surface area contributed by atoms with Crippen molar-refractivity contribution < 1.29 is 14.3 Å². The minimum Gasteiger partial charge on any atom is -0.481 e. The number of H-pyrrole nitrogens is 1. The van der Waals surface area contributed by atoms with Gasteiger partial charge in [-0.2, -0.15) is 0 Å². The van der Waals surface area contributed by atoms with E-state index < -0.39 is 5.97 Å². The number of carbonyl (C=O) groups is 1. The summed E-state index contributed by atoms with van der Waals surface area (Å²) in [6, 6.07) is 9.74. The van der Waals surface area contributed by atoms with Crippen molar-refractivity contribution in [2.24, 2.45) is 17.8 Å². The van der Waals surface area contributed by atoms with Crippen LogP contribution >= 0.6 is 0 Å². The van der Waals surface area contributed by atoms with Gasteiger partial charge in [0, 0.05) is 28.9 Å². The van der Waals surface area contributed by atoms with Crippen LogP contribution in [-0.4, -0.2) is 25.6 Å². The zero-order valence-electron chi connectivity index (χ0n) is 16.4. The standard InChI is InChI=1S/C24H22FN3O2/c25-17-10-18-19(12-27-23(18)26-11-17)16-6-1-13-7-8-28(20(13)9-16)22-15-4-2-14(3-5-15)21(22)24(29)30/h1,6-12,14-15,21-22H,2-5H2,(H,26,27)(H,29,30)/t14?,15?,21-,22-/m1/s1. The fraction of sp³-hybridized carbons (Fsp3) is 0.333. The van der Waals surface area contributed by atoms with Gasteiger partial charge in [-0.15, -0.1) is 0 Å². The lowest BCUT2D eigenvalue weighted by atomic mass is 9.61. The van der Waals surface area contributed by atoms with Gasteiger partial charge >= 0.3 is 5.97 Å². The first kappa shape index (κ1) is 17.7. The van der Waals surface area contributed by atoms with E-state index >= 15 is 0 Å². The average molecular weight is 403 g/mol. The number of carboxylic acid groups (broad SMARTS) is 1. The van der Waals surface area contributed by atoms with E-state index in [4.69, 9.17) is 0 Å². The molecular formula is C24H22FN3O2. The van der Waals surface area contributed by atoms with Crippen molar-refractivity contribution in [2.75, 3.05) is 0 Å². The molecule has 30 heavy (non-hydrogen) atoms. The Morgan fingerprint density at radius 2 is 1.93 bits per heavy atom. The third-order valence-corrected chi connectivity index (χ3v) is 7.31. The summed E-state index contributed by atoms with van der Waals surface area (Å²) in [6.07, 6.45) is 9.37. The first-order chi connectivity index (χ1) is 14.6. The fourth-order valence-corrected chi connectivity index (χ4v) is 5.96. The molecule has 2 bridgehead atoms. The molecule has 3 heterocycles. The van der Waals surface area contributed by atoms with Gasteiger partial charge in [0.25, 0.3) is 0 Å². The van der Waals surface area contributed by atoms with Crippen molar-refractivity contribution in [3.63, 3.8) is 0 Å². The Kier molecular flexibility index (Phi) is 3.79. The van der Waals surface area contributed by atoms with E-state index in [1.165, 1.54) is 12.3 Å². The number of carboxylic acids is 1. The summed E-state index contributed by atoms with van der Waals surface area (Å²) in [6.45, 7) is 0. The third-order valence-electron chi connectivity index (χ3n) is 7.31. The molecule has 3 aromatic heterocycles. The molecule has 7 rings (SSSR count). The van der Waals surface area contributed by atoms with Crippen LogP contribution in [0.5, 0.6) is 0 Å². The Bertz CT molecular complexity index is 1280. The van der Waals surface area contributed by atoms with Crippen LogP contribution in [-0.2, 0) is 4.79 Å². The minimum absolute atomic E-state index is 0.00942. The molecule has 3 saturated carbocycles. The van der Waals surface area contributed by atoms with E-state index in [9.17, 15) is 14.3 Å². The average Bonchev–Trinajstić information content (AvgIpc) is 3.37. The minimum atomic E-state index is -0.675. The van der Waals surface area contributed by atoms with Gasteiger partial charge in [0.1, 0.15) is 11.5 Å². The highest BCUT2D eigenvalue weighted by Gasteiger charge is 2.48. The molecule has 5 nitrogen and oxygen atoms in total. The van der Waals surface area contributed by atoms with Gasteiger partial charge in [-0.25, -0.2) is 9.37 Å². The smallest absolute Gasteiger partial charge is 0.308 e. The summed E-state index contributed by atoms with van der Waals surface area (Å²) in [7, 11) is 0. The van der Waals surface area contributed by atoms with Crippen LogP contribution in [0.25, 0.3) is 33.1 Å². The van der Waals surface area contributed by atoms with Crippen LogP contribution in [0.15, 0.2) is 48.9 Å². The van der Waals surface area contributed by atoms with Crippen molar-refractivity contribution in [3.05, 3.63) is 54.7 Å². The fourth-order valence-electron chi connectivity index (χ4n) is 5.96. The van der Waals surface area contributed by atoms with Crippen LogP contribution in [0.2, 0.25) is 0 Å². The second-order valence-corrected chi connectivity index (χ2v) is 8.78. The van der Waals surface area contributed by atoms with Crippen molar-refractivity contribution in [2.45, 2.75) is 31.7 Å². The molecule has 4 aromatic rings. The van der Waals surface area contributed by atoms with E-state index in [1.54, 1.807) is 0 Å². The maximum atomic E-state index is 13.8. The number of benzene rings is 1. The number of aromatic amines is 1. The summed E-state index contributed by atoms with van der Waals surface area (Å²) in [5.41, 5.74) is 3.55. The lowest BCUT2D eigenvalue weighted by Crippen LogP contribution is -2.44. The molecular weight excluding hydrogens is 381 g/mol. The lowest BCUT2D eigenvalue weighted by molar-refractivity contribution is -0.151. The zero-order chi connectivity index (χ0) is 20.4. The van der Waals surface area contributed by atoms with Gasteiger partial charge in [-0.3, -0.25) is 4.79 Å². The Balaban J connectivity index is 1.50. The molecule has 1 aromatic carbocycles. The third kappa shape index (κ3) is 2.52. The second kappa shape index (κ2) is 6.42. The predicted octanol–water partition coefficient (Wildman–Crippen LogP) is 5.39. The maximum absolute atomic E-state index is 13.8. The van der Waals surface area contributed by atoms with E-state index in [-0.39, 0.29) is 23.7 Å². The number of aromatic nitrogens is 3. The van der Waals surface area contributed by atoms with Gasteiger partial charge < -0.3 is 14.7 Å². The predicted molar refractivity (Wildman–Crippen MR) is 113 cm³/mol. The normalized spacial score (nSPS) is 25.9. The van der Waals surface area contributed by atoms with E-state index in [2.05, 4.69) is 32.7 Å². The van der Waals surface area contributed by atoms with E-state index in [1.807, 2.05) is 18.5 Å². The number of aliphatic carboxylic acids is 1. The van der Waals surface area contributed by atoms with Crippen molar-refractivity contribution in [1.29, 1.82) is 0 Å². The van der Waals surface area contributed by atoms with Gasteiger partial charge in [0.2, 0.25) is 0 Å². The van der Waals surface area contributed by atoms with Gasteiger partial charge in [-0.1, -0.05) is 12.1 Å². The monoisotopic (exact) mass is 403 g/mol. The van der Waals surface area contributed by atoms with Gasteiger partial charge in [0.15, 0.2) is 0 Å². The lowest BCUT2D eigenvalue weighted by Gasteiger charge is -2.47. The van der Waals surface area contributed by atoms with E-state index in [0.29, 0.717) is 11.6 Å². The summed E-state index contributed by atoms with van der Waals surface area (Å²) in [5, 5.41) is 11.8. The van der Waals surface area contributed by atoms with Crippen LogP contribution in [0.3, 0.4) is 0 Å². The second-order valence-electron chi connectivity index (χ2n) is 8.78. The highest BCUT2D eigenvalue weighted by atomic mass is 19.1. The quantitative estimate of drug-likeness (QED) is 0.482. The molecule has 3 aliphatic carbocycles. The summed E-state index contributed by atoms with van der Waals surface area (Å²) in [4.78, 5) is 19.4. The van der Waals surface area contributed by atoms with Crippen molar-refractivity contribution in [1.82, 2.24) is 14.5 Å². The molecule has 152 valence electrons. The molecule has 3 fully saturated rings. The summed E-state index contributed by atoms with van der Waals surface area (Å²) >= 11 is 0. The summed E-state index contributed by atoms with van der Waals surface area (Å²) < 4.78 is 16.0. The molecule has 0 saturated heterocycles. The molecule has 3 aliphatic rings. The first-order valence-corrected chi connectivity index (χ1v) is 10.6. The van der Waals surface area contributed by atoms with Crippen molar-refractivity contribution in [3.8, 4) is 11.1 Å². The number of hydrogen-bond acceptors (Lipinski definition) is 2. The number of halogens is 1. The Morgan fingerprint density at radius 1 is 1.13 bits per heavy atom. The number of pyridine rings is 1. The van der Waals surface area contributed by atoms with Crippen LogP contribution in [0, 0.1) is 23.6 Å². The molecule has 0 spiro atoms. The Hall–Kier alpha value is -3.15. The number of hydrogen-bond donors (Lipinski definition) is 2. The van der Waals surface area contributed by atoms with Crippen LogP contribution in [0.4, 0.5) is 4.39 Å². The molecule has 6 heteroatoms. The van der Waals surface area contributed by atoms with Crippen LogP contribution in [0.1, 0.15) is 31.7 Å². The van der Waals surface area contributed by atoms with Crippen molar-refractivity contribution >= 4 is 27.9 Å². The Morgan fingerprint density at radius 3 is 2.73 bits per heavy atom. The molecule has 0 amide bonds. The summed E-state index contributed by atoms with van der Waals surface area (Å²) in [5.74, 6) is -0.702. The molecule has 0 radical (unpaired) electrons. The molecule has 0 aliphatic heterocycles. The molecule has 0 unspecified atom stereocenters. The number of nitrogens with zero attached hydrogens (tertiary/aromatic N) is 2. The van der Waals surface area contributed by atoms with Gasteiger partial charge in [-0.05, 0) is 66.7 Å². The highest BCUT2D eigenvalue weighted by Crippen LogP contribution is 2.52. The highest BCUT2D eigenvalue weighted by molar-refractivity contribution is 5.96. The maximum Gasteiger partial charge on any atom is 0.308 e. The molecule has 2 atom stereocenters. The SMILES string of the molecule is O=C(O)[C@@H]1C2CCC(CC2)[C@H]1n1ccc2ccc(-c3c[nH]c4ncc(F)cc34)cc21. The number of rotatable bonds is 3. The number of nitrogens with one attached hydrogen (secondary N) is 1. The number of fused-ring (bicyclic) bond motifs is 5. The van der Waals surface area contributed by atoms with E-state index in [0.717, 1.165) is 53.1 Å². The largest absolute Gasteiger partial charge is 0.481 e. The first-order valence-electron chi connectivity index (χ1n) is 10.6. The topological polar surface area (TPSA) is 70.9 Å². The zero-order valence-corrected chi connectivity index (χ0v) is 16.4. The van der Waals surface area contributed by atoms with Crippen LogP contribution < -0.4 is 0 Å². The van der Waals surface area contributed by atoms with Gasteiger partial charge in [0.05, 0.1) is 18.2 Å².